The Labute approximate surface area is 232 Å². The molecule has 39 heavy (non-hydrogen) atoms. The van der Waals surface area contributed by atoms with Crippen LogP contribution in [0.1, 0.15) is 25.3 Å². The topological polar surface area (TPSA) is 85.9 Å². The molecule has 1 aliphatic rings. The van der Waals surface area contributed by atoms with Crippen molar-refractivity contribution in [3.63, 3.8) is 0 Å². The SMILES string of the molecule is CCC(/C=C1\Oc2ccc(-c3ccccc3)cc2N1CC)=C\c1sc2ccccc2[n+]1C/C([O-])=N\S(C)(=O)=O. The zero-order chi connectivity index (χ0) is 27.6. The summed E-state index contributed by atoms with van der Waals surface area (Å²) < 4.78 is 35.6. The molecule has 4 aromatic rings. The molecule has 7 nitrogen and oxygen atoms in total. The highest BCUT2D eigenvalue weighted by Gasteiger charge is 2.26. The van der Waals surface area contributed by atoms with Crippen LogP contribution in [0.5, 0.6) is 5.75 Å². The van der Waals surface area contributed by atoms with E-state index >= 15 is 0 Å². The molecule has 1 aromatic heterocycles. The predicted octanol–water partition coefficient (Wildman–Crippen LogP) is 5.13. The number of thiazole rings is 1. The van der Waals surface area contributed by atoms with E-state index in [2.05, 4.69) is 47.4 Å². The Morgan fingerprint density at radius 2 is 1.79 bits per heavy atom. The molecule has 0 bridgehead atoms. The fourth-order valence-electron chi connectivity index (χ4n) is 4.58. The van der Waals surface area contributed by atoms with Gasteiger partial charge in [-0.2, -0.15) is 8.96 Å². The monoisotopic (exact) mass is 559 g/mol. The summed E-state index contributed by atoms with van der Waals surface area (Å²) in [6.45, 7) is 4.73. The van der Waals surface area contributed by atoms with E-state index in [1.54, 1.807) is 0 Å². The molecular weight excluding hydrogens is 530 g/mol. The predicted molar refractivity (Wildman–Crippen MR) is 156 cm³/mol. The lowest BCUT2D eigenvalue weighted by Gasteiger charge is -2.16. The largest absolute Gasteiger partial charge is 0.857 e. The lowest BCUT2D eigenvalue weighted by atomic mass is 10.0. The molecule has 0 unspecified atom stereocenters. The summed E-state index contributed by atoms with van der Waals surface area (Å²) in [5.41, 5.74) is 5.15. The van der Waals surface area contributed by atoms with Crippen LogP contribution in [0, 0.1) is 0 Å². The summed E-state index contributed by atoms with van der Waals surface area (Å²) in [6, 6.07) is 24.2. The number of hydrogen-bond donors (Lipinski definition) is 0. The zero-order valence-corrected chi connectivity index (χ0v) is 23.6. The third kappa shape index (κ3) is 5.89. The van der Waals surface area contributed by atoms with Gasteiger partial charge in [-0.1, -0.05) is 66.8 Å². The maximum Gasteiger partial charge on any atom is 0.263 e. The van der Waals surface area contributed by atoms with Gasteiger partial charge in [-0.25, -0.2) is 8.42 Å². The average Bonchev–Trinajstić information content (AvgIpc) is 3.44. The van der Waals surface area contributed by atoms with Crippen molar-refractivity contribution >= 4 is 49.2 Å². The van der Waals surface area contributed by atoms with E-state index in [1.807, 2.05) is 65.3 Å². The Bertz CT molecular complexity index is 1720. The molecule has 0 radical (unpaired) electrons. The van der Waals surface area contributed by atoms with Gasteiger partial charge in [0, 0.05) is 30.7 Å². The Morgan fingerprint density at radius 3 is 2.51 bits per heavy atom. The number of para-hydroxylation sites is 1. The Hall–Kier alpha value is -3.95. The molecule has 0 aliphatic carbocycles. The van der Waals surface area contributed by atoms with Crippen LogP contribution in [0.4, 0.5) is 5.69 Å². The minimum atomic E-state index is -3.77. The molecule has 5 rings (SSSR count). The molecule has 3 aromatic carbocycles. The molecule has 2 heterocycles. The second-order valence-electron chi connectivity index (χ2n) is 9.16. The third-order valence-electron chi connectivity index (χ3n) is 6.38. The van der Waals surface area contributed by atoms with Gasteiger partial charge in [-0.15, -0.1) is 0 Å². The number of allylic oxidation sites excluding steroid dienone is 2. The van der Waals surface area contributed by atoms with E-state index in [0.717, 1.165) is 68.5 Å². The Balaban J connectivity index is 1.52. The smallest absolute Gasteiger partial charge is 0.263 e. The Morgan fingerprint density at radius 1 is 1.05 bits per heavy atom. The van der Waals surface area contributed by atoms with Gasteiger partial charge in [-0.05, 0) is 48.2 Å². The van der Waals surface area contributed by atoms with Gasteiger partial charge in [0.2, 0.25) is 21.4 Å². The molecule has 0 saturated carbocycles. The van der Waals surface area contributed by atoms with E-state index in [0.29, 0.717) is 0 Å². The van der Waals surface area contributed by atoms with Gasteiger partial charge >= 0.3 is 0 Å². The van der Waals surface area contributed by atoms with Gasteiger partial charge in [0.25, 0.3) is 5.01 Å². The van der Waals surface area contributed by atoms with E-state index in [4.69, 9.17) is 4.74 Å². The van der Waals surface area contributed by atoms with E-state index in [-0.39, 0.29) is 6.54 Å². The van der Waals surface area contributed by atoms with Gasteiger partial charge in [0.15, 0.2) is 12.3 Å². The fraction of sp³-hybridized carbons (Fsp3) is 0.200. The molecule has 9 heteroatoms. The van der Waals surface area contributed by atoms with Crippen molar-refractivity contribution in [3.8, 4) is 16.9 Å². The number of aromatic nitrogens is 1. The van der Waals surface area contributed by atoms with Gasteiger partial charge in [0.1, 0.15) is 4.70 Å². The summed E-state index contributed by atoms with van der Waals surface area (Å²) in [6.07, 6.45) is 5.71. The number of benzene rings is 3. The van der Waals surface area contributed by atoms with Crippen molar-refractivity contribution < 1.29 is 22.8 Å². The Kier molecular flexibility index (Phi) is 7.54. The van der Waals surface area contributed by atoms with E-state index < -0.39 is 15.9 Å². The average molecular weight is 560 g/mol. The summed E-state index contributed by atoms with van der Waals surface area (Å²) in [4.78, 5) is 2.15. The fourth-order valence-corrected chi connectivity index (χ4v) is 6.15. The van der Waals surface area contributed by atoms with Crippen molar-refractivity contribution in [3.05, 3.63) is 95.3 Å². The minimum Gasteiger partial charge on any atom is -0.857 e. The van der Waals surface area contributed by atoms with Crippen molar-refractivity contribution in [1.82, 2.24) is 0 Å². The molecule has 0 amide bonds. The summed E-state index contributed by atoms with van der Waals surface area (Å²) >= 11 is 1.54. The molecule has 0 saturated heterocycles. The number of fused-ring (bicyclic) bond motifs is 2. The maximum absolute atomic E-state index is 12.5. The highest BCUT2D eigenvalue weighted by atomic mass is 32.2. The van der Waals surface area contributed by atoms with Gasteiger partial charge in [-0.3, -0.25) is 0 Å². The lowest BCUT2D eigenvalue weighted by Crippen LogP contribution is -2.43. The standard InChI is InChI=1S/C30H29N3O4S2/c1-4-21(18-30-33(20-28(34)31-39(3,35)36)24-13-9-10-14-27(24)38-30)17-29-32(5-2)25-19-23(15-16-26(25)37-29)22-11-7-6-8-12-22/h6-19H,4-5,20H2,1-3H3. The zero-order valence-electron chi connectivity index (χ0n) is 22.0. The minimum absolute atomic E-state index is 0.165. The number of sulfonamides is 1. The van der Waals surface area contributed by atoms with Crippen LogP contribution in [0.15, 0.2) is 94.7 Å². The number of hydrogen-bond acceptors (Lipinski definition) is 6. The summed E-state index contributed by atoms with van der Waals surface area (Å²) in [5, 5.41) is 13.3. The summed E-state index contributed by atoms with van der Waals surface area (Å²) in [7, 11) is -3.77. The first kappa shape index (κ1) is 26.6. The second-order valence-corrected chi connectivity index (χ2v) is 11.9. The molecule has 0 atom stereocenters. The highest BCUT2D eigenvalue weighted by molar-refractivity contribution is 7.89. The van der Waals surface area contributed by atoms with Crippen LogP contribution in [0.2, 0.25) is 0 Å². The second kappa shape index (κ2) is 11.0. The van der Waals surface area contributed by atoms with Crippen molar-refractivity contribution in [2.24, 2.45) is 4.40 Å². The first-order valence-electron chi connectivity index (χ1n) is 12.7. The van der Waals surface area contributed by atoms with Crippen molar-refractivity contribution in [2.75, 3.05) is 17.7 Å². The molecule has 0 fully saturated rings. The molecule has 200 valence electrons. The normalized spacial score (nSPS) is 15.2. The van der Waals surface area contributed by atoms with E-state index in [9.17, 15) is 13.5 Å². The van der Waals surface area contributed by atoms with Crippen LogP contribution in [-0.4, -0.2) is 27.1 Å². The highest BCUT2D eigenvalue weighted by Crippen LogP contribution is 2.42. The number of anilines is 1. The molecule has 1 aliphatic heterocycles. The van der Waals surface area contributed by atoms with Crippen LogP contribution in [0.25, 0.3) is 27.4 Å². The number of nitrogens with zero attached hydrogens (tertiary/aromatic N) is 3. The molecule has 0 spiro atoms. The number of rotatable bonds is 8. The van der Waals surface area contributed by atoms with Gasteiger partial charge < -0.3 is 14.7 Å². The molecule has 0 N–H and O–H groups in total. The maximum atomic E-state index is 12.5. The first-order valence-corrected chi connectivity index (χ1v) is 15.4. The quantitative estimate of drug-likeness (QED) is 0.170. The van der Waals surface area contributed by atoms with Crippen molar-refractivity contribution in [1.29, 1.82) is 0 Å². The third-order valence-corrected chi connectivity index (χ3v) is 8.03. The number of ether oxygens (including phenoxy) is 1. The van der Waals surface area contributed by atoms with Gasteiger partial charge in [0.05, 0.1) is 11.9 Å². The lowest BCUT2D eigenvalue weighted by molar-refractivity contribution is -0.658. The van der Waals surface area contributed by atoms with Crippen LogP contribution in [0.3, 0.4) is 0 Å². The van der Waals surface area contributed by atoms with E-state index in [1.165, 1.54) is 11.3 Å². The van der Waals surface area contributed by atoms with Crippen molar-refractivity contribution in [2.45, 2.75) is 26.8 Å². The van der Waals surface area contributed by atoms with Crippen LogP contribution >= 0.6 is 11.3 Å². The summed E-state index contributed by atoms with van der Waals surface area (Å²) in [5.74, 6) is 0.836. The van der Waals surface area contributed by atoms with Crippen LogP contribution in [-0.2, 0) is 16.6 Å². The molecular formula is C30H29N3O4S2. The first-order chi connectivity index (χ1) is 18.8. The van der Waals surface area contributed by atoms with Crippen LogP contribution < -0.4 is 19.3 Å².